The van der Waals surface area contributed by atoms with E-state index in [2.05, 4.69) is 9.97 Å². The van der Waals surface area contributed by atoms with Crippen LogP contribution in [0.5, 0.6) is 0 Å². The molecule has 4 nitrogen and oxygen atoms in total. The molecule has 1 atom stereocenters. The van der Waals surface area contributed by atoms with Crippen molar-refractivity contribution in [3.63, 3.8) is 0 Å². The van der Waals surface area contributed by atoms with Crippen LogP contribution in [0.1, 0.15) is 28.9 Å². The van der Waals surface area contributed by atoms with E-state index in [-0.39, 0.29) is 6.04 Å². The van der Waals surface area contributed by atoms with Gasteiger partial charge in [-0.3, -0.25) is 4.79 Å². The lowest BCUT2D eigenvalue weighted by molar-refractivity contribution is 0.112. The first-order chi connectivity index (χ1) is 9.13. The summed E-state index contributed by atoms with van der Waals surface area (Å²) < 4.78 is 0. The lowest BCUT2D eigenvalue weighted by Gasteiger charge is -2.25. The van der Waals surface area contributed by atoms with E-state index in [9.17, 15) is 4.79 Å². The summed E-state index contributed by atoms with van der Waals surface area (Å²) in [6.07, 6.45) is 3.73. The molecule has 0 fully saturated rings. The van der Waals surface area contributed by atoms with E-state index >= 15 is 0 Å². The molecule has 0 bridgehead atoms. The monoisotopic (exact) mass is 275 g/mol. The predicted octanol–water partition coefficient (Wildman–Crippen LogP) is 3.14. The van der Waals surface area contributed by atoms with Crippen molar-refractivity contribution in [3.8, 4) is 0 Å². The van der Waals surface area contributed by atoms with Gasteiger partial charge in [0.2, 0.25) is 5.95 Å². The van der Waals surface area contributed by atoms with Crippen molar-refractivity contribution in [1.82, 2.24) is 9.97 Å². The zero-order valence-corrected chi connectivity index (χ0v) is 11.5. The molecule has 0 aliphatic carbocycles. The fraction of sp³-hybridized carbons (Fsp3) is 0.214. The van der Waals surface area contributed by atoms with Crippen LogP contribution in [0.3, 0.4) is 0 Å². The molecule has 5 heteroatoms. The van der Waals surface area contributed by atoms with Gasteiger partial charge >= 0.3 is 0 Å². The van der Waals surface area contributed by atoms with Crippen molar-refractivity contribution in [2.45, 2.75) is 13.0 Å². The van der Waals surface area contributed by atoms with Crippen molar-refractivity contribution in [1.29, 1.82) is 0 Å². The van der Waals surface area contributed by atoms with E-state index in [0.717, 1.165) is 11.8 Å². The Hall–Kier alpha value is -1.94. The zero-order valence-electron chi connectivity index (χ0n) is 10.7. The van der Waals surface area contributed by atoms with Crippen molar-refractivity contribution in [3.05, 3.63) is 52.8 Å². The molecule has 0 saturated carbocycles. The Morgan fingerprint density at radius 2 is 1.89 bits per heavy atom. The second kappa shape index (κ2) is 5.80. The molecule has 0 aliphatic heterocycles. The van der Waals surface area contributed by atoms with Crippen LogP contribution in [-0.4, -0.2) is 23.3 Å². The highest BCUT2D eigenvalue weighted by Gasteiger charge is 2.16. The van der Waals surface area contributed by atoms with Gasteiger partial charge in [-0.05, 0) is 18.6 Å². The maximum Gasteiger partial charge on any atom is 0.225 e. The number of rotatable bonds is 4. The Bertz CT molecular complexity index is 571. The SMILES string of the molecule is CC(c1ccccc1Cl)N(C)c1ncc(C=O)cn1. The number of anilines is 1. The standard InChI is InChI=1S/C14H14ClN3O/c1-10(12-5-3-4-6-13(12)15)18(2)14-16-7-11(9-19)8-17-14/h3-10H,1-2H3. The lowest BCUT2D eigenvalue weighted by Crippen LogP contribution is -2.24. The van der Waals surface area contributed by atoms with Crippen molar-refractivity contribution >= 4 is 23.8 Å². The zero-order chi connectivity index (χ0) is 13.8. The van der Waals surface area contributed by atoms with Gasteiger partial charge in [0, 0.05) is 24.5 Å². The summed E-state index contributed by atoms with van der Waals surface area (Å²) in [6.45, 7) is 2.03. The maximum absolute atomic E-state index is 10.6. The van der Waals surface area contributed by atoms with E-state index in [4.69, 9.17) is 11.6 Å². The van der Waals surface area contributed by atoms with Crippen LogP contribution in [0.2, 0.25) is 5.02 Å². The van der Waals surface area contributed by atoms with Crippen molar-refractivity contribution in [2.24, 2.45) is 0 Å². The minimum absolute atomic E-state index is 0.0378. The third-order valence-electron chi connectivity index (χ3n) is 3.05. The van der Waals surface area contributed by atoms with Crippen molar-refractivity contribution in [2.75, 3.05) is 11.9 Å². The average molecular weight is 276 g/mol. The van der Waals surface area contributed by atoms with E-state index in [1.807, 2.05) is 43.1 Å². The van der Waals surface area contributed by atoms with Crippen LogP contribution in [0, 0.1) is 0 Å². The molecule has 0 aliphatic rings. The van der Waals surface area contributed by atoms with Gasteiger partial charge in [0.05, 0.1) is 11.6 Å². The summed E-state index contributed by atoms with van der Waals surface area (Å²) in [6, 6.07) is 7.72. The predicted molar refractivity (Wildman–Crippen MR) is 75.7 cm³/mol. The number of carbonyl (C=O) groups is 1. The Morgan fingerprint density at radius 3 is 2.47 bits per heavy atom. The largest absolute Gasteiger partial charge is 0.337 e. The average Bonchev–Trinajstić information content (AvgIpc) is 2.46. The van der Waals surface area contributed by atoms with Gasteiger partial charge in [-0.25, -0.2) is 9.97 Å². The molecule has 1 aromatic heterocycles. The minimum Gasteiger partial charge on any atom is -0.337 e. The smallest absolute Gasteiger partial charge is 0.225 e. The van der Waals surface area contributed by atoms with Gasteiger partial charge in [0.1, 0.15) is 0 Å². The summed E-state index contributed by atoms with van der Waals surface area (Å²) in [4.78, 5) is 20.8. The molecule has 19 heavy (non-hydrogen) atoms. The van der Waals surface area contributed by atoms with Gasteiger partial charge in [-0.15, -0.1) is 0 Å². The summed E-state index contributed by atoms with van der Waals surface area (Å²) in [5, 5.41) is 0.714. The molecule has 2 rings (SSSR count). The lowest BCUT2D eigenvalue weighted by atomic mass is 10.1. The molecule has 0 saturated heterocycles. The van der Waals surface area contributed by atoms with Crippen LogP contribution in [0.15, 0.2) is 36.7 Å². The summed E-state index contributed by atoms with van der Waals surface area (Å²) in [7, 11) is 1.89. The first kappa shape index (κ1) is 13.5. The van der Waals surface area contributed by atoms with Crippen LogP contribution in [0.25, 0.3) is 0 Å². The number of nitrogens with zero attached hydrogens (tertiary/aromatic N) is 3. The number of halogens is 1. The number of aldehydes is 1. The van der Waals surface area contributed by atoms with E-state index in [1.54, 1.807) is 0 Å². The molecular formula is C14H14ClN3O. The Labute approximate surface area is 117 Å². The van der Waals surface area contributed by atoms with Crippen molar-refractivity contribution < 1.29 is 4.79 Å². The first-order valence-electron chi connectivity index (χ1n) is 5.88. The molecule has 1 heterocycles. The third kappa shape index (κ3) is 2.90. The quantitative estimate of drug-likeness (QED) is 0.804. The normalized spacial score (nSPS) is 11.9. The molecule has 0 radical (unpaired) electrons. The molecule has 2 aromatic rings. The van der Waals surface area contributed by atoms with Crippen LogP contribution >= 0.6 is 11.6 Å². The van der Waals surface area contributed by atoms with Crippen LogP contribution < -0.4 is 4.90 Å². The van der Waals surface area contributed by atoms with Gasteiger partial charge in [-0.2, -0.15) is 0 Å². The third-order valence-corrected chi connectivity index (χ3v) is 3.39. The van der Waals surface area contributed by atoms with Crippen LogP contribution in [-0.2, 0) is 0 Å². The van der Waals surface area contributed by atoms with Gasteiger partial charge < -0.3 is 4.90 Å². The fourth-order valence-corrected chi connectivity index (χ4v) is 2.06. The number of hydrogen-bond donors (Lipinski definition) is 0. The summed E-state index contributed by atoms with van der Waals surface area (Å²) in [5.74, 6) is 0.554. The molecule has 0 amide bonds. The number of aromatic nitrogens is 2. The second-order valence-corrected chi connectivity index (χ2v) is 4.65. The number of hydrogen-bond acceptors (Lipinski definition) is 4. The van der Waals surface area contributed by atoms with E-state index in [0.29, 0.717) is 16.5 Å². The Kier molecular flexibility index (Phi) is 4.12. The summed E-state index contributed by atoms with van der Waals surface area (Å²) >= 11 is 6.18. The molecule has 0 spiro atoms. The fourth-order valence-electron chi connectivity index (χ4n) is 1.77. The van der Waals surface area contributed by atoms with E-state index in [1.165, 1.54) is 12.4 Å². The molecule has 1 unspecified atom stereocenters. The minimum atomic E-state index is 0.0378. The van der Waals surface area contributed by atoms with Gasteiger partial charge in [0.25, 0.3) is 0 Å². The highest BCUT2D eigenvalue weighted by Crippen LogP contribution is 2.27. The number of benzene rings is 1. The summed E-state index contributed by atoms with van der Waals surface area (Å²) in [5.41, 5.74) is 1.47. The maximum atomic E-state index is 10.6. The second-order valence-electron chi connectivity index (χ2n) is 4.24. The molecule has 0 N–H and O–H groups in total. The first-order valence-corrected chi connectivity index (χ1v) is 6.25. The highest BCUT2D eigenvalue weighted by atomic mass is 35.5. The Morgan fingerprint density at radius 1 is 1.26 bits per heavy atom. The molecular weight excluding hydrogens is 262 g/mol. The molecule has 98 valence electrons. The van der Waals surface area contributed by atoms with E-state index < -0.39 is 0 Å². The number of carbonyl (C=O) groups excluding carboxylic acids is 1. The van der Waals surface area contributed by atoms with Gasteiger partial charge in [0.15, 0.2) is 6.29 Å². The topological polar surface area (TPSA) is 46.1 Å². The highest BCUT2D eigenvalue weighted by molar-refractivity contribution is 6.31. The van der Waals surface area contributed by atoms with Gasteiger partial charge in [-0.1, -0.05) is 29.8 Å². The van der Waals surface area contributed by atoms with Crippen LogP contribution in [0.4, 0.5) is 5.95 Å². The Balaban J connectivity index is 2.25. The molecule has 1 aromatic carbocycles.